The topological polar surface area (TPSA) is 201 Å². The molecule has 16 nitrogen and oxygen atoms in total. The molecule has 0 bridgehead atoms. The number of nitrogens with one attached hydrogen (secondary N) is 2. The molecule has 256 valence electrons. The molecule has 1 saturated heterocycles. The molecule has 0 unspecified atom stereocenters. The zero-order valence-electron chi connectivity index (χ0n) is 24.7. The second-order valence-corrected chi connectivity index (χ2v) is 9.72. The van der Waals surface area contributed by atoms with Gasteiger partial charge in [0.05, 0.1) is 65.8 Å². The van der Waals surface area contributed by atoms with Crippen LogP contribution in [-0.2, 0) is 33.2 Å². The van der Waals surface area contributed by atoms with Gasteiger partial charge in [0.2, 0.25) is 0 Å². The number of aliphatic hydroxyl groups excluding tert-OH is 3. The predicted molar refractivity (Wildman–Crippen MR) is 149 cm³/mol. The maximum Gasteiger partial charge on any atom is 0.471 e. The number of hydrogen-bond acceptors (Lipinski definition) is 14. The van der Waals surface area contributed by atoms with Crippen molar-refractivity contribution in [3.8, 4) is 0 Å². The van der Waals surface area contributed by atoms with E-state index in [2.05, 4.69) is 20.3 Å². The number of rotatable bonds is 23. The molecule has 1 fully saturated rings. The molecule has 19 heteroatoms. The number of anilines is 1. The fourth-order valence-corrected chi connectivity index (χ4v) is 4.12. The Kier molecular flexibility index (Phi) is 16.1. The van der Waals surface area contributed by atoms with Crippen molar-refractivity contribution in [2.24, 2.45) is 0 Å². The van der Waals surface area contributed by atoms with E-state index in [4.69, 9.17) is 28.4 Å². The van der Waals surface area contributed by atoms with Gasteiger partial charge in [-0.25, -0.2) is 15.0 Å². The number of fused-ring (bicyclic) bond motifs is 1. The van der Waals surface area contributed by atoms with Crippen LogP contribution >= 0.6 is 0 Å². The van der Waals surface area contributed by atoms with Crippen molar-refractivity contribution in [1.82, 2.24) is 24.8 Å². The van der Waals surface area contributed by atoms with Crippen LogP contribution in [0, 0.1) is 0 Å². The van der Waals surface area contributed by atoms with Gasteiger partial charge in [-0.05, 0) is 12.8 Å². The number of carbonyl (C=O) groups is 1. The van der Waals surface area contributed by atoms with Crippen molar-refractivity contribution in [3.05, 3.63) is 12.7 Å². The number of aliphatic hydroxyl groups is 3. The van der Waals surface area contributed by atoms with Gasteiger partial charge >= 0.3 is 12.1 Å². The lowest BCUT2D eigenvalue weighted by atomic mass is 10.1. The molecule has 1 aliphatic heterocycles. The first kappa shape index (κ1) is 36.7. The van der Waals surface area contributed by atoms with Crippen LogP contribution in [0.3, 0.4) is 0 Å². The molecule has 1 aliphatic rings. The highest BCUT2D eigenvalue weighted by molar-refractivity contribution is 5.82. The summed E-state index contributed by atoms with van der Waals surface area (Å²) in [6.07, 6.45) is -5.45. The highest BCUT2D eigenvalue weighted by atomic mass is 19.4. The summed E-state index contributed by atoms with van der Waals surface area (Å²) in [6, 6.07) is 0. The minimum atomic E-state index is -4.87. The molecule has 1 amide bonds. The summed E-state index contributed by atoms with van der Waals surface area (Å²) in [5.74, 6) is -1.46. The minimum absolute atomic E-state index is 0.116. The van der Waals surface area contributed by atoms with Crippen molar-refractivity contribution >= 4 is 22.9 Å². The molecule has 2 aromatic rings. The van der Waals surface area contributed by atoms with Gasteiger partial charge in [0.25, 0.3) is 0 Å². The zero-order chi connectivity index (χ0) is 32.5. The van der Waals surface area contributed by atoms with Crippen LogP contribution in [0.2, 0.25) is 0 Å². The fourth-order valence-electron chi connectivity index (χ4n) is 4.12. The van der Waals surface area contributed by atoms with Crippen LogP contribution in [0.1, 0.15) is 19.1 Å². The third-order valence-electron chi connectivity index (χ3n) is 6.40. The van der Waals surface area contributed by atoms with E-state index in [0.717, 1.165) is 0 Å². The summed E-state index contributed by atoms with van der Waals surface area (Å²) < 4.78 is 70.1. The van der Waals surface area contributed by atoms with E-state index in [1.165, 1.54) is 17.2 Å². The van der Waals surface area contributed by atoms with E-state index >= 15 is 0 Å². The Morgan fingerprint density at radius 1 is 0.844 bits per heavy atom. The van der Waals surface area contributed by atoms with Crippen molar-refractivity contribution in [1.29, 1.82) is 0 Å². The number of halogens is 3. The Bertz CT molecular complexity index is 1130. The molecule has 0 radical (unpaired) electrons. The molecule has 3 heterocycles. The standard InChI is InChI=1S/C26H41F3N6O10/c27-26(28,29)25(39)31-4-2-6-41-8-10-43-12-14-44-13-11-42-9-7-40-5-1-3-30-22-19-23(33-16-32-22)35(17-34-19)24-21(38)20(37)18(15-36)45-24/h16-18,20-21,24,36-38H,1-15H2,(H,31,39)(H,30,32,33)/t18-,20-,21-,24-/m1/s1. The van der Waals surface area contributed by atoms with Crippen LogP contribution in [0.25, 0.3) is 11.2 Å². The van der Waals surface area contributed by atoms with Crippen molar-refractivity contribution in [2.45, 2.75) is 43.6 Å². The molecule has 45 heavy (non-hydrogen) atoms. The Labute approximate surface area is 257 Å². The van der Waals surface area contributed by atoms with Gasteiger partial charge in [-0.2, -0.15) is 13.2 Å². The van der Waals surface area contributed by atoms with Crippen LogP contribution in [0.4, 0.5) is 19.0 Å². The average Bonchev–Trinajstić information content (AvgIpc) is 3.57. The van der Waals surface area contributed by atoms with Gasteiger partial charge in [-0.3, -0.25) is 9.36 Å². The van der Waals surface area contributed by atoms with Gasteiger partial charge in [0, 0.05) is 26.3 Å². The number of hydrogen-bond donors (Lipinski definition) is 5. The van der Waals surface area contributed by atoms with E-state index < -0.39 is 43.2 Å². The van der Waals surface area contributed by atoms with Gasteiger partial charge in [-0.1, -0.05) is 0 Å². The van der Waals surface area contributed by atoms with Gasteiger partial charge in [0.15, 0.2) is 23.2 Å². The number of ether oxygens (including phenoxy) is 6. The molecule has 0 spiro atoms. The molecular weight excluding hydrogens is 613 g/mol. The van der Waals surface area contributed by atoms with Gasteiger partial charge in [0.1, 0.15) is 24.6 Å². The first-order chi connectivity index (χ1) is 21.7. The quantitative estimate of drug-likeness (QED) is 0.0951. The monoisotopic (exact) mass is 654 g/mol. The Morgan fingerprint density at radius 3 is 1.93 bits per heavy atom. The predicted octanol–water partition coefficient (Wildman–Crippen LogP) is -0.609. The summed E-state index contributed by atoms with van der Waals surface area (Å²) >= 11 is 0. The molecule has 2 aromatic heterocycles. The highest BCUT2D eigenvalue weighted by Crippen LogP contribution is 2.32. The molecular formula is C26H41F3N6O10. The minimum Gasteiger partial charge on any atom is -0.394 e. The maximum atomic E-state index is 12.0. The smallest absolute Gasteiger partial charge is 0.394 e. The first-order valence-electron chi connectivity index (χ1n) is 14.5. The second kappa shape index (κ2) is 19.7. The van der Waals surface area contributed by atoms with Crippen molar-refractivity contribution in [3.63, 3.8) is 0 Å². The Hall–Kier alpha value is -2.75. The van der Waals surface area contributed by atoms with E-state index in [1.807, 2.05) is 0 Å². The molecule has 0 aromatic carbocycles. The van der Waals surface area contributed by atoms with E-state index in [0.29, 0.717) is 82.8 Å². The summed E-state index contributed by atoms with van der Waals surface area (Å²) in [7, 11) is 0. The summed E-state index contributed by atoms with van der Waals surface area (Å²) in [5, 5.41) is 34.6. The number of aromatic nitrogens is 4. The Balaban J connectivity index is 1.11. The molecule has 0 saturated carbocycles. The van der Waals surface area contributed by atoms with Crippen molar-refractivity contribution in [2.75, 3.05) is 91.1 Å². The Morgan fingerprint density at radius 2 is 1.40 bits per heavy atom. The molecule has 5 N–H and O–H groups in total. The largest absolute Gasteiger partial charge is 0.471 e. The lowest BCUT2D eigenvalue weighted by molar-refractivity contribution is -0.173. The zero-order valence-corrected chi connectivity index (χ0v) is 24.7. The van der Waals surface area contributed by atoms with Crippen LogP contribution in [-0.4, -0.2) is 151 Å². The third-order valence-corrected chi connectivity index (χ3v) is 6.40. The first-order valence-corrected chi connectivity index (χ1v) is 14.5. The fraction of sp³-hybridized carbons (Fsp3) is 0.769. The lowest BCUT2D eigenvalue weighted by Crippen LogP contribution is -2.37. The summed E-state index contributed by atoms with van der Waals surface area (Å²) in [6.45, 7) is 3.67. The lowest BCUT2D eigenvalue weighted by Gasteiger charge is -2.16. The number of amides is 1. The van der Waals surface area contributed by atoms with Crippen LogP contribution < -0.4 is 10.6 Å². The van der Waals surface area contributed by atoms with E-state index in [9.17, 15) is 33.3 Å². The maximum absolute atomic E-state index is 12.0. The summed E-state index contributed by atoms with van der Waals surface area (Å²) in [4.78, 5) is 23.4. The number of carbonyl (C=O) groups excluding carboxylic acids is 1. The summed E-state index contributed by atoms with van der Waals surface area (Å²) in [5.41, 5.74) is 0.882. The average molecular weight is 655 g/mol. The SMILES string of the molecule is O=C(NCCCOCCOCCOCCOCCOCCCNc1ncnc2c1ncn2[C@@H]1O[C@H](CO)[C@@H](O)[C@H]1O)C(F)(F)F. The van der Waals surface area contributed by atoms with Gasteiger partial charge < -0.3 is 54.4 Å². The number of imidazole rings is 1. The van der Waals surface area contributed by atoms with E-state index in [-0.39, 0.29) is 26.2 Å². The molecule has 0 aliphatic carbocycles. The van der Waals surface area contributed by atoms with Crippen LogP contribution in [0.5, 0.6) is 0 Å². The molecule has 3 rings (SSSR count). The van der Waals surface area contributed by atoms with E-state index in [1.54, 1.807) is 5.32 Å². The highest BCUT2D eigenvalue weighted by Gasteiger charge is 2.44. The number of alkyl halides is 3. The second-order valence-electron chi connectivity index (χ2n) is 9.72. The number of nitrogens with zero attached hydrogens (tertiary/aromatic N) is 4. The normalized spacial score (nSPS) is 20.2. The molecule has 4 atom stereocenters. The van der Waals surface area contributed by atoms with Crippen LogP contribution in [0.15, 0.2) is 12.7 Å². The van der Waals surface area contributed by atoms with Crippen molar-refractivity contribution < 1.29 is 61.7 Å². The van der Waals surface area contributed by atoms with Gasteiger partial charge in [-0.15, -0.1) is 0 Å². The third kappa shape index (κ3) is 12.2.